The van der Waals surface area contributed by atoms with Gasteiger partial charge in [-0.15, -0.1) is 0 Å². The highest BCUT2D eigenvalue weighted by Gasteiger charge is 2.36. The third kappa shape index (κ3) is 6.08. The Kier molecular flexibility index (Phi) is 9.57. The summed E-state index contributed by atoms with van der Waals surface area (Å²) in [5.41, 5.74) is 3.00. The number of aromatic nitrogens is 2. The number of hydrogen-bond acceptors (Lipinski definition) is 8. The lowest BCUT2D eigenvalue weighted by atomic mass is 9.93. The Balaban J connectivity index is 1.52. The molecule has 4 heterocycles. The molecule has 1 saturated heterocycles. The lowest BCUT2D eigenvalue weighted by molar-refractivity contribution is -0.139. The topological polar surface area (TPSA) is 104 Å². The van der Waals surface area contributed by atoms with E-state index in [1.807, 2.05) is 71.1 Å². The molecule has 0 spiro atoms. The van der Waals surface area contributed by atoms with Gasteiger partial charge in [0.1, 0.15) is 18.3 Å². The Morgan fingerprint density at radius 1 is 1.15 bits per heavy atom. The van der Waals surface area contributed by atoms with E-state index in [0.717, 1.165) is 27.4 Å². The average molecular weight is 708 g/mol. The van der Waals surface area contributed by atoms with Crippen molar-refractivity contribution in [2.24, 2.45) is 4.99 Å². The summed E-state index contributed by atoms with van der Waals surface area (Å²) in [4.78, 5) is 48.3. The molecule has 2 aromatic heterocycles. The first-order chi connectivity index (χ1) is 22.3. The number of fused-ring (bicyclic) bond motifs is 2. The van der Waals surface area contributed by atoms with Crippen LogP contribution < -0.4 is 19.6 Å². The van der Waals surface area contributed by atoms with Crippen molar-refractivity contribution in [2.75, 3.05) is 40.0 Å². The number of carbonyl (C=O) groups is 2. The normalized spacial score (nSPS) is 16.8. The second-order valence-corrected chi connectivity index (χ2v) is 12.9. The van der Waals surface area contributed by atoms with Crippen LogP contribution in [0.3, 0.4) is 0 Å². The van der Waals surface area contributed by atoms with Gasteiger partial charge in [0.2, 0.25) is 5.91 Å². The molecular weight excluding hydrogens is 672 g/mol. The van der Waals surface area contributed by atoms with Crippen LogP contribution in [-0.4, -0.2) is 65.9 Å². The summed E-state index contributed by atoms with van der Waals surface area (Å²) in [5.74, 6) is 0.0484. The molecule has 10 nitrogen and oxygen atoms in total. The zero-order chi connectivity index (χ0) is 32.4. The molecule has 0 radical (unpaired) electrons. The molecule has 0 aliphatic carbocycles. The first kappa shape index (κ1) is 32.0. The van der Waals surface area contributed by atoms with Crippen LogP contribution >= 0.6 is 27.3 Å². The number of halogens is 1. The fourth-order valence-corrected chi connectivity index (χ4v) is 7.44. The number of allylic oxidation sites excluding steroid dienone is 1. The highest BCUT2D eigenvalue weighted by atomic mass is 79.9. The minimum Gasteiger partial charge on any atom is -0.496 e. The predicted molar refractivity (Wildman–Crippen MR) is 180 cm³/mol. The molecule has 240 valence electrons. The molecule has 46 heavy (non-hydrogen) atoms. The van der Waals surface area contributed by atoms with Gasteiger partial charge in [-0.2, -0.15) is 0 Å². The SMILES string of the molecule is CCCC1=C(C(=O)OCC)[C@@H](c2cc(Br)ccc2OC)n2c(s/c(=C\c3cn(CC(=O)N4CCOCC4)c4ccccc34)c2=O)=N1. The number of hydrogen-bond donors (Lipinski definition) is 0. The van der Waals surface area contributed by atoms with Crippen LogP contribution in [0.4, 0.5) is 0 Å². The smallest absolute Gasteiger partial charge is 0.338 e. The minimum absolute atomic E-state index is 0.0212. The van der Waals surface area contributed by atoms with Crippen molar-refractivity contribution in [1.29, 1.82) is 0 Å². The second-order valence-electron chi connectivity index (χ2n) is 11.0. The van der Waals surface area contributed by atoms with Gasteiger partial charge >= 0.3 is 5.97 Å². The van der Waals surface area contributed by atoms with Gasteiger partial charge in [0.05, 0.1) is 42.7 Å². The Labute approximate surface area is 278 Å². The Bertz CT molecular complexity index is 2020. The van der Waals surface area contributed by atoms with E-state index in [9.17, 15) is 14.4 Å². The van der Waals surface area contributed by atoms with E-state index in [-0.39, 0.29) is 24.6 Å². The van der Waals surface area contributed by atoms with E-state index in [1.165, 1.54) is 11.3 Å². The number of benzene rings is 2. The van der Waals surface area contributed by atoms with E-state index in [0.29, 0.717) is 64.6 Å². The lowest BCUT2D eigenvalue weighted by Gasteiger charge is -2.27. The molecule has 0 N–H and O–H groups in total. The third-order valence-electron chi connectivity index (χ3n) is 8.15. The molecule has 6 rings (SSSR count). The molecule has 1 atom stereocenters. The largest absolute Gasteiger partial charge is 0.496 e. The van der Waals surface area contributed by atoms with Gasteiger partial charge in [0.15, 0.2) is 4.80 Å². The molecule has 2 aliphatic heterocycles. The van der Waals surface area contributed by atoms with Crippen LogP contribution in [0.1, 0.15) is 43.9 Å². The number of ether oxygens (including phenoxy) is 3. The first-order valence-corrected chi connectivity index (χ1v) is 16.9. The van der Waals surface area contributed by atoms with Crippen molar-refractivity contribution in [2.45, 2.75) is 39.3 Å². The summed E-state index contributed by atoms with van der Waals surface area (Å²) in [7, 11) is 1.57. The van der Waals surface area contributed by atoms with E-state index < -0.39 is 12.0 Å². The van der Waals surface area contributed by atoms with Crippen molar-refractivity contribution >= 4 is 56.1 Å². The van der Waals surface area contributed by atoms with Gasteiger partial charge in [-0.3, -0.25) is 14.2 Å². The average Bonchev–Trinajstić information content (AvgIpc) is 3.57. The second kappa shape index (κ2) is 13.8. The van der Waals surface area contributed by atoms with Gasteiger partial charge in [0.25, 0.3) is 5.56 Å². The van der Waals surface area contributed by atoms with E-state index in [1.54, 1.807) is 18.6 Å². The molecule has 0 bridgehead atoms. The number of methoxy groups -OCH3 is 1. The predicted octanol–water partition coefficient (Wildman–Crippen LogP) is 4.16. The Morgan fingerprint density at radius 2 is 1.93 bits per heavy atom. The number of nitrogens with zero attached hydrogens (tertiary/aromatic N) is 4. The van der Waals surface area contributed by atoms with Crippen LogP contribution in [0.2, 0.25) is 0 Å². The fraction of sp³-hybridized carbons (Fsp3) is 0.353. The molecule has 2 aromatic carbocycles. The van der Waals surface area contributed by atoms with Crippen molar-refractivity contribution in [3.05, 3.63) is 95.2 Å². The van der Waals surface area contributed by atoms with Gasteiger partial charge in [-0.1, -0.05) is 58.8 Å². The molecule has 2 aliphatic rings. The Hall–Kier alpha value is -4.00. The molecule has 1 amide bonds. The highest BCUT2D eigenvalue weighted by molar-refractivity contribution is 9.10. The van der Waals surface area contributed by atoms with Crippen LogP contribution in [0.5, 0.6) is 5.75 Å². The molecule has 0 saturated carbocycles. The van der Waals surface area contributed by atoms with Gasteiger partial charge < -0.3 is 23.7 Å². The summed E-state index contributed by atoms with van der Waals surface area (Å²) >= 11 is 4.84. The van der Waals surface area contributed by atoms with Gasteiger partial charge in [0, 0.05) is 45.8 Å². The molecule has 12 heteroatoms. The summed E-state index contributed by atoms with van der Waals surface area (Å²) in [6, 6.07) is 12.6. The van der Waals surface area contributed by atoms with E-state index >= 15 is 0 Å². The monoisotopic (exact) mass is 706 g/mol. The van der Waals surface area contributed by atoms with Gasteiger partial charge in [-0.25, -0.2) is 9.79 Å². The summed E-state index contributed by atoms with van der Waals surface area (Å²) < 4.78 is 21.4. The van der Waals surface area contributed by atoms with Crippen molar-refractivity contribution in [3.8, 4) is 5.75 Å². The zero-order valence-electron chi connectivity index (χ0n) is 26.0. The van der Waals surface area contributed by atoms with E-state index in [2.05, 4.69) is 15.9 Å². The van der Waals surface area contributed by atoms with Crippen LogP contribution in [-0.2, 0) is 25.6 Å². The summed E-state index contributed by atoms with van der Waals surface area (Å²) in [6.45, 7) is 6.37. The quantitative estimate of drug-likeness (QED) is 0.242. The first-order valence-electron chi connectivity index (χ1n) is 15.3. The van der Waals surface area contributed by atoms with Crippen molar-refractivity contribution in [1.82, 2.24) is 14.0 Å². The molecular formula is C34H35BrN4O6S. The third-order valence-corrected chi connectivity index (χ3v) is 9.63. The number of amides is 1. The number of para-hydroxylation sites is 1. The minimum atomic E-state index is -0.807. The maximum absolute atomic E-state index is 14.4. The van der Waals surface area contributed by atoms with Crippen LogP contribution in [0.15, 0.2) is 74.2 Å². The highest BCUT2D eigenvalue weighted by Crippen LogP contribution is 2.38. The summed E-state index contributed by atoms with van der Waals surface area (Å²) in [6.07, 6.45) is 5.06. The van der Waals surface area contributed by atoms with Crippen LogP contribution in [0, 0.1) is 0 Å². The maximum atomic E-state index is 14.4. The van der Waals surface area contributed by atoms with Crippen molar-refractivity contribution < 1.29 is 23.8 Å². The zero-order valence-corrected chi connectivity index (χ0v) is 28.4. The molecule has 0 unspecified atom stereocenters. The number of carbonyl (C=O) groups excluding carboxylic acids is 2. The Morgan fingerprint density at radius 3 is 2.67 bits per heavy atom. The molecule has 1 fully saturated rings. The lowest BCUT2D eigenvalue weighted by Crippen LogP contribution is -2.42. The van der Waals surface area contributed by atoms with Gasteiger partial charge in [-0.05, 0) is 43.7 Å². The number of esters is 1. The van der Waals surface area contributed by atoms with E-state index in [4.69, 9.17) is 19.2 Å². The molecule has 4 aromatic rings. The maximum Gasteiger partial charge on any atom is 0.338 e. The number of thiazole rings is 1. The summed E-state index contributed by atoms with van der Waals surface area (Å²) in [5, 5.41) is 0.923. The standard InChI is InChI=1S/C34H35BrN4O6S/c1-4-8-25-30(33(42)45-5-2)31(24-18-22(35)11-12-27(24)43-3)39-32(41)28(46-34(39)36-25)17-21-19-38(26-10-7-6-9-23(21)26)20-29(40)37-13-15-44-16-14-37/h6-7,9-12,17-19,31H,4-5,8,13-16,20H2,1-3H3/b28-17-/t31-/m1/s1. The fourth-order valence-electron chi connectivity index (χ4n) is 6.05. The number of morpholine rings is 1. The van der Waals surface area contributed by atoms with Crippen molar-refractivity contribution in [3.63, 3.8) is 0 Å². The van der Waals surface area contributed by atoms with Crippen LogP contribution in [0.25, 0.3) is 17.0 Å². The number of rotatable bonds is 9.